The van der Waals surface area contributed by atoms with Crippen molar-refractivity contribution in [2.75, 3.05) is 5.32 Å². The van der Waals surface area contributed by atoms with Crippen molar-refractivity contribution in [3.8, 4) is 11.3 Å². The molecule has 5 nitrogen and oxygen atoms in total. The highest BCUT2D eigenvalue weighted by molar-refractivity contribution is 7.98. The van der Waals surface area contributed by atoms with Crippen molar-refractivity contribution in [1.29, 1.82) is 0 Å². The Bertz CT molecular complexity index is 1220. The number of aryl methyl sites for hydroxylation is 2. The number of halogens is 3. The predicted molar refractivity (Wildman–Crippen MR) is 120 cm³/mol. The van der Waals surface area contributed by atoms with E-state index in [2.05, 4.69) is 32.5 Å². The first-order valence-corrected chi connectivity index (χ1v) is 10.8. The van der Waals surface area contributed by atoms with Crippen LogP contribution in [0.2, 0.25) is 0 Å². The van der Waals surface area contributed by atoms with Gasteiger partial charge in [0.25, 0.3) is 0 Å². The molecular weight excluding hydrogens is 435 g/mol. The zero-order valence-electron chi connectivity index (χ0n) is 17.4. The van der Waals surface area contributed by atoms with Gasteiger partial charge in [-0.05, 0) is 36.2 Å². The molecule has 4 rings (SSSR count). The summed E-state index contributed by atoms with van der Waals surface area (Å²) in [5, 5.41) is 7.00. The predicted octanol–water partition coefficient (Wildman–Crippen LogP) is 6.24. The van der Waals surface area contributed by atoms with Crippen LogP contribution in [-0.2, 0) is 19.0 Å². The minimum absolute atomic E-state index is 0.0876. The van der Waals surface area contributed by atoms with Gasteiger partial charge in [0.2, 0.25) is 5.95 Å². The largest absolute Gasteiger partial charge is 0.419 e. The van der Waals surface area contributed by atoms with Crippen LogP contribution < -0.4 is 5.32 Å². The van der Waals surface area contributed by atoms with Crippen LogP contribution in [0.25, 0.3) is 11.3 Å². The number of rotatable bonds is 6. The SMILES string of the molecule is Cc1cc(SCc2ccccc2)ccc1Nc1ncc(C(F)(F)F)c(-c2cnn(C)c2)n1. The first kappa shape index (κ1) is 21.9. The molecule has 0 radical (unpaired) electrons. The summed E-state index contributed by atoms with van der Waals surface area (Å²) < 4.78 is 41.9. The molecule has 0 saturated heterocycles. The molecule has 0 aliphatic rings. The van der Waals surface area contributed by atoms with Crippen molar-refractivity contribution in [3.63, 3.8) is 0 Å². The molecule has 0 aliphatic heterocycles. The van der Waals surface area contributed by atoms with Gasteiger partial charge in [-0.3, -0.25) is 4.68 Å². The van der Waals surface area contributed by atoms with Crippen LogP contribution in [0, 0.1) is 6.92 Å². The van der Waals surface area contributed by atoms with Gasteiger partial charge in [0.15, 0.2) is 0 Å². The van der Waals surface area contributed by atoms with Gasteiger partial charge in [-0.25, -0.2) is 9.97 Å². The molecule has 0 saturated carbocycles. The second kappa shape index (κ2) is 9.04. The number of benzene rings is 2. The zero-order chi connectivity index (χ0) is 22.7. The highest BCUT2D eigenvalue weighted by atomic mass is 32.2. The van der Waals surface area contributed by atoms with Crippen molar-refractivity contribution in [2.45, 2.75) is 23.7 Å². The normalized spacial score (nSPS) is 11.5. The van der Waals surface area contributed by atoms with Crippen LogP contribution >= 0.6 is 11.8 Å². The first-order valence-electron chi connectivity index (χ1n) is 9.77. The van der Waals surface area contributed by atoms with Crippen LogP contribution in [0.15, 0.2) is 72.0 Å². The smallest absolute Gasteiger partial charge is 0.324 e. The fourth-order valence-electron chi connectivity index (χ4n) is 3.14. The molecule has 9 heteroatoms. The van der Waals surface area contributed by atoms with Gasteiger partial charge >= 0.3 is 6.18 Å². The Hall–Kier alpha value is -3.33. The van der Waals surface area contributed by atoms with Gasteiger partial charge in [-0.1, -0.05) is 30.3 Å². The van der Waals surface area contributed by atoms with Crippen LogP contribution in [0.5, 0.6) is 0 Å². The summed E-state index contributed by atoms with van der Waals surface area (Å²) in [6, 6.07) is 16.1. The summed E-state index contributed by atoms with van der Waals surface area (Å²) in [5.41, 5.74) is 2.06. The minimum atomic E-state index is -4.57. The van der Waals surface area contributed by atoms with Gasteiger partial charge in [-0.2, -0.15) is 18.3 Å². The standard InChI is InChI=1S/C23H20F3N5S/c1-15-10-18(32-14-16-6-4-3-5-7-16)8-9-20(15)29-22-27-12-19(23(24,25)26)21(30-22)17-11-28-31(2)13-17/h3-13H,14H2,1-2H3,(H,27,29,30). The molecule has 0 bridgehead atoms. The second-order valence-corrected chi connectivity index (χ2v) is 8.28. The van der Waals surface area contributed by atoms with Gasteiger partial charge in [0.1, 0.15) is 5.56 Å². The average molecular weight is 456 g/mol. The van der Waals surface area contributed by atoms with E-state index in [1.807, 2.05) is 43.3 Å². The molecule has 0 aliphatic carbocycles. The number of alkyl halides is 3. The molecule has 2 heterocycles. The van der Waals surface area contributed by atoms with Gasteiger partial charge < -0.3 is 5.32 Å². The maximum Gasteiger partial charge on any atom is 0.419 e. The molecule has 0 atom stereocenters. The monoisotopic (exact) mass is 455 g/mol. The van der Waals surface area contributed by atoms with Crippen molar-refractivity contribution in [1.82, 2.24) is 19.7 Å². The summed E-state index contributed by atoms with van der Waals surface area (Å²) in [7, 11) is 1.64. The van der Waals surface area contributed by atoms with Crippen LogP contribution in [0.3, 0.4) is 0 Å². The Balaban J connectivity index is 1.56. The second-order valence-electron chi connectivity index (χ2n) is 7.23. The average Bonchev–Trinajstić information content (AvgIpc) is 3.20. The van der Waals surface area contributed by atoms with Crippen LogP contribution in [0.4, 0.5) is 24.8 Å². The zero-order valence-corrected chi connectivity index (χ0v) is 18.2. The molecule has 0 unspecified atom stereocenters. The molecule has 164 valence electrons. The lowest BCUT2D eigenvalue weighted by Gasteiger charge is -2.14. The van der Waals surface area contributed by atoms with Crippen molar-refractivity contribution in [2.24, 2.45) is 7.05 Å². The number of hydrogen-bond donors (Lipinski definition) is 1. The lowest BCUT2D eigenvalue weighted by molar-refractivity contribution is -0.137. The Morgan fingerprint density at radius 2 is 1.84 bits per heavy atom. The number of nitrogens with zero attached hydrogens (tertiary/aromatic N) is 4. The van der Waals surface area contributed by atoms with E-state index in [4.69, 9.17) is 0 Å². The Labute approximate surface area is 187 Å². The lowest BCUT2D eigenvalue weighted by atomic mass is 10.1. The maximum atomic E-state index is 13.5. The van der Waals surface area contributed by atoms with Crippen molar-refractivity contribution >= 4 is 23.4 Å². The summed E-state index contributed by atoms with van der Waals surface area (Å²) in [5.74, 6) is 0.938. The summed E-state index contributed by atoms with van der Waals surface area (Å²) in [4.78, 5) is 9.15. The van der Waals surface area contributed by atoms with Crippen molar-refractivity contribution < 1.29 is 13.2 Å². The van der Waals surface area contributed by atoms with E-state index in [1.54, 1.807) is 18.8 Å². The molecule has 0 spiro atoms. The Morgan fingerprint density at radius 3 is 2.50 bits per heavy atom. The quantitative estimate of drug-likeness (QED) is 0.349. The molecule has 4 aromatic rings. The van der Waals surface area contributed by atoms with Crippen LogP contribution in [0.1, 0.15) is 16.7 Å². The number of nitrogens with one attached hydrogen (secondary N) is 1. The van der Waals surface area contributed by atoms with Gasteiger partial charge in [0, 0.05) is 41.3 Å². The molecule has 2 aromatic heterocycles. The third kappa shape index (κ3) is 5.11. The Morgan fingerprint density at radius 1 is 1.06 bits per heavy atom. The topological polar surface area (TPSA) is 55.6 Å². The number of aromatic nitrogens is 4. The summed E-state index contributed by atoms with van der Waals surface area (Å²) >= 11 is 1.72. The molecule has 0 amide bonds. The third-order valence-corrected chi connectivity index (χ3v) is 5.83. The summed E-state index contributed by atoms with van der Waals surface area (Å²) in [6.07, 6.45) is -0.926. The summed E-state index contributed by atoms with van der Waals surface area (Å²) in [6.45, 7) is 1.93. The first-order chi connectivity index (χ1) is 15.3. The van der Waals surface area contributed by atoms with E-state index in [9.17, 15) is 13.2 Å². The minimum Gasteiger partial charge on any atom is -0.324 e. The van der Waals surface area contributed by atoms with E-state index in [0.717, 1.165) is 28.1 Å². The highest BCUT2D eigenvalue weighted by Gasteiger charge is 2.35. The fraction of sp³-hybridized carbons (Fsp3) is 0.174. The van der Waals surface area contributed by atoms with Gasteiger partial charge in [-0.15, -0.1) is 11.8 Å². The molecule has 1 N–H and O–H groups in total. The highest BCUT2D eigenvalue weighted by Crippen LogP contribution is 2.36. The number of anilines is 2. The molecule has 32 heavy (non-hydrogen) atoms. The fourth-order valence-corrected chi connectivity index (χ4v) is 4.09. The number of hydrogen-bond acceptors (Lipinski definition) is 5. The van der Waals surface area contributed by atoms with Crippen LogP contribution in [-0.4, -0.2) is 19.7 Å². The van der Waals surface area contributed by atoms with E-state index in [-0.39, 0.29) is 17.2 Å². The van der Waals surface area contributed by atoms with Gasteiger partial charge in [0.05, 0.1) is 11.9 Å². The van der Waals surface area contributed by atoms with E-state index in [1.165, 1.54) is 22.6 Å². The molecule has 0 fully saturated rings. The third-order valence-electron chi connectivity index (χ3n) is 4.77. The number of thioether (sulfide) groups is 1. The maximum absolute atomic E-state index is 13.5. The van der Waals surface area contributed by atoms with E-state index < -0.39 is 11.7 Å². The Kier molecular flexibility index (Phi) is 6.18. The molecule has 2 aromatic carbocycles. The lowest BCUT2D eigenvalue weighted by Crippen LogP contribution is -2.11. The van der Waals surface area contributed by atoms with E-state index in [0.29, 0.717) is 0 Å². The van der Waals surface area contributed by atoms with Crippen molar-refractivity contribution in [3.05, 3.63) is 83.8 Å². The van der Waals surface area contributed by atoms with E-state index >= 15 is 0 Å². The molecular formula is C23H20F3N5S.